The van der Waals surface area contributed by atoms with Crippen molar-refractivity contribution < 1.29 is 4.79 Å². The number of carbonyl (C=O) groups excluding carboxylic acids is 1. The molecule has 0 radical (unpaired) electrons. The summed E-state index contributed by atoms with van der Waals surface area (Å²) in [5.41, 5.74) is 0.847. The summed E-state index contributed by atoms with van der Waals surface area (Å²) >= 11 is 6.01. The maximum atomic E-state index is 12.7. The highest BCUT2D eigenvalue weighted by atomic mass is 35.5. The van der Waals surface area contributed by atoms with E-state index in [2.05, 4.69) is 18.9 Å². The Morgan fingerprint density at radius 1 is 1.42 bits per heavy atom. The summed E-state index contributed by atoms with van der Waals surface area (Å²) < 4.78 is 1.72. The van der Waals surface area contributed by atoms with Crippen LogP contribution in [0.25, 0.3) is 0 Å². The topological polar surface area (TPSA) is 38.1 Å². The van der Waals surface area contributed by atoms with E-state index in [1.165, 1.54) is 6.42 Å². The van der Waals surface area contributed by atoms with Crippen LogP contribution in [0.5, 0.6) is 0 Å². The number of nitrogens with zero attached hydrogens (tertiary/aromatic N) is 3. The predicted molar refractivity (Wildman–Crippen MR) is 76.3 cm³/mol. The van der Waals surface area contributed by atoms with Crippen molar-refractivity contribution in [1.82, 2.24) is 14.7 Å². The first-order valence-electron chi connectivity index (χ1n) is 6.95. The van der Waals surface area contributed by atoms with Gasteiger partial charge in [-0.25, -0.2) is 0 Å². The van der Waals surface area contributed by atoms with Crippen LogP contribution in [0.4, 0.5) is 0 Å². The van der Waals surface area contributed by atoms with Crippen LogP contribution in [0.1, 0.15) is 51.8 Å². The number of rotatable bonds is 2. The van der Waals surface area contributed by atoms with Crippen LogP contribution in [0.15, 0.2) is 6.20 Å². The highest BCUT2D eigenvalue weighted by Gasteiger charge is 2.33. The molecule has 0 N–H and O–H groups in total. The molecule has 2 heterocycles. The first-order valence-corrected chi connectivity index (χ1v) is 7.33. The highest BCUT2D eigenvalue weighted by Crippen LogP contribution is 2.26. The standard InChI is InChI=1S/C14H22ClN3O/c1-9-6-5-7-10(2)17(9)14(19)12(4)18-11(3)13(15)8-16-18/h8-10,12H,5-7H2,1-4H3/t9-,10+,12-/m0/s1. The number of hydrogen-bond acceptors (Lipinski definition) is 2. The maximum Gasteiger partial charge on any atom is 0.247 e. The Morgan fingerprint density at radius 2 is 2.00 bits per heavy atom. The van der Waals surface area contributed by atoms with Gasteiger partial charge in [0.1, 0.15) is 6.04 Å². The molecule has 5 heteroatoms. The molecular weight excluding hydrogens is 262 g/mol. The van der Waals surface area contributed by atoms with Crippen molar-refractivity contribution in [3.05, 3.63) is 16.9 Å². The molecule has 0 spiro atoms. The van der Waals surface area contributed by atoms with Gasteiger partial charge in [0.15, 0.2) is 0 Å². The van der Waals surface area contributed by atoms with Gasteiger partial charge in [0.2, 0.25) is 5.91 Å². The molecule has 1 aliphatic heterocycles. The average molecular weight is 284 g/mol. The summed E-state index contributed by atoms with van der Waals surface area (Å²) in [6.07, 6.45) is 4.97. The molecule has 1 aromatic rings. The normalized spacial score (nSPS) is 25.4. The van der Waals surface area contributed by atoms with E-state index in [0.717, 1.165) is 18.5 Å². The van der Waals surface area contributed by atoms with Gasteiger partial charge in [0.05, 0.1) is 16.9 Å². The van der Waals surface area contributed by atoms with Gasteiger partial charge in [-0.05, 0) is 47.0 Å². The zero-order valence-corrected chi connectivity index (χ0v) is 12.8. The van der Waals surface area contributed by atoms with Crippen LogP contribution in [0.3, 0.4) is 0 Å². The minimum atomic E-state index is -0.296. The van der Waals surface area contributed by atoms with Crippen molar-refractivity contribution in [3.63, 3.8) is 0 Å². The molecule has 19 heavy (non-hydrogen) atoms. The fraction of sp³-hybridized carbons (Fsp3) is 0.714. The molecule has 4 nitrogen and oxygen atoms in total. The third-order valence-electron chi connectivity index (χ3n) is 4.16. The van der Waals surface area contributed by atoms with Crippen molar-refractivity contribution in [3.8, 4) is 0 Å². The van der Waals surface area contributed by atoms with Gasteiger partial charge < -0.3 is 4.90 Å². The lowest BCUT2D eigenvalue weighted by Gasteiger charge is -2.40. The zero-order valence-electron chi connectivity index (χ0n) is 12.1. The third kappa shape index (κ3) is 2.64. The molecule has 3 atom stereocenters. The molecule has 2 rings (SSSR count). The quantitative estimate of drug-likeness (QED) is 0.836. The fourth-order valence-corrected chi connectivity index (χ4v) is 3.10. The van der Waals surface area contributed by atoms with E-state index in [4.69, 9.17) is 11.6 Å². The molecule has 1 saturated heterocycles. The summed E-state index contributed by atoms with van der Waals surface area (Å²) in [4.78, 5) is 14.7. The minimum absolute atomic E-state index is 0.141. The molecule has 1 amide bonds. The van der Waals surface area contributed by atoms with Crippen LogP contribution in [0, 0.1) is 6.92 Å². The van der Waals surface area contributed by atoms with Gasteiger partial charge >= 0.3 is 0 Å². The summed E-state index contributed by atoms with van der Waals surface area (Å²) in [6.45, 7) is 8.04. The molecule has 1 aromatic heterocycles. The van der Waals surface area contributed by atoms with Crippen molar-refractivity contribution in [2.24, 2.45) is 0 Å². The number of amides is 1. The molecule has 0 aliphatic carbocycles. The first kappa shape index (κ1) is 14.4. The first-order chi connectivity index (χ1) is 8.93. The highest BCUT2D eigenvalue weighted by molar-refractivity contribution is 6.31. The van der Waals surface area contributed by atoms with Crippen molar-refractivity contribution >= 4 is 17.5 Å². The minimum Gasteiger partial charge on any atom is -0.335 e. The van der Waals surface area contributed by atoms with Crippen molar-refractivity contribution in [2.75, 3.05) is 0 Å². The number of aromatic nitrogens is 2. The van der Waals surface area contributed by atoms with Gasteiger partial charge in [-0.2, -0.15) is 5.10 Å². The summed E-state index contributed by atoms with van der Waals surface area (Å²) in [7, 11) is 0. The monoisotopic (exact) mass is 283 g/mol. The van der Waals surface area contributed by atoms with E-state index in [1.54, 1.807) is 10.9 Å². The lowest BCUT2D eigenvalue weighted by atomic mass is 9.96. The molecule has 0 aromatic carbocycles. The SMILES string of the molecule is Cc1c(Cl)cnn1[C@@H](C)C(=O)N1[C@H](C)CCC[C@@H]1C. The number of piperidine rings is 1. The second kappa shape index (κ2) is 5.53. The van der Waals surface area contributed by atoms with Crippen molar-refractivity contribution in [1.29, 1.82) is 0 Å². The van der Waals surface area contributed by atoms with Gasteiger partial charge in [0, 0.05) is 12.1 Å². The second-order valence-corrected chi connectivity index (χ2v) is 5.98. The Balaban J connectivity index is 2.21. The zero-order chi connectivity index (χ0) is 14.2. The lowest BCUT2D eigenvalue weighted by Crippen LogP contribution is -2.50. The van der Waals surface area contributed by atoms with Crippen LogP contribution >= 0.6 is 11.6 Å². The molecule has 1 fully saturated rings. The molecular formula is C14H22ClN3O. The van der Waals surface area contributed by atoms with Crippen LogP contribution in [-0.2, 0) is 4.79 Å². The Kier molecular flexibility index (Phi) is 4.19. The van der Waals surface area contributed by atoms with E-state index < -0.39 is 0 Å². The second-order valence-electron chi connectivity index (χ2n) is 5.57. The van der Waals surface area contributed by atoms with E-state index in [9.17, 15) is 4.79 Å². The fourth-order valence-electron chi connectivity index (χ4n) is 2.97. The van der Waals surface area contributed by atoms with E-state index in [1.807, 2.05) is 18.7 Å². The Labute approximate surface area is 119 Å². The van der Waals surface area contributed by atoms with Gasteiger partial charge in [-0.3, -0.25) is 9.48 Å². The summed E-state index contributed by atoms with van der Waals surface area (Å²) in [5, 5.41) is 4.83. The van der Waals surface area contributed by atoms with E-state index in [-0.39, 0.29) is 11.9 Å². The average Bonchev–Trinajstić information content (AvgIpc) is 2.69. The largest absolute Gasteiger partial charge is 0.335 e. The molecule has 106 valence electrons. The van der Waals surface area contributed by atoms with Crippen LogP contribution in [0.2, 0.25) is 5.02 Å². The van der Waals surface area contributed by atoms with Gasteiger partial charge in [0.25, 0.3) is 0 Å². The summed E-state index contributed by atoms with van der Waals surface area (Å²) in [5.74, 6) is 0.141. The number of halogens is 1. The molecule has 0 saturated carbocycles. The molecule has 0 unspecified atom stereocenters. The van der Waals surface area contributed by atoms with Gasteiger partial charge in [-0.15, -0.1) is 0 Å². The summed E-state index contributed by atoms with van der Waals surface area (Å²) in [6, 6.07) is 0.325. The predicted octanol–water partition coefficient (Wildman–Crippen LogP) is 3.20. The lowest BCUT2D eigenvalue weighted by molar-refractivity contribution is -0.140. The van der Waals surface area contributed by atoms with Crippen molar-refractivity contribution in [2.45, 2.75) is 65.1 Å². The van der Waals surface area contributed by atoms with Gasteiger partial charge in [-0.1, -0.05) is 11.6 Å². The van der Waals surface area contributed by atoms with Crippen LogP contribution in [-0.4, -0.2) is 32.7 Å². The number of carbonyl (C=O) groups is 1. The Hall–Kier alpha value is -1.03. The Bertz CT molecular complexity index is 461. The third-order valence-corrected chi connectivity index (χ3v) is 4.53. The van der Waals surface area contributed by atoms with E-state index >= 15 is 0 Å². The number of likely N-dealkylation sites (tertiary alicyclic amines) is 1. The maximum absolute atomic E-state index is 12.7. The smallest absolute Gasteiger partial charge is 0.247 e. The Morgan fingerprint density at radius 3 is 2.47 bits per heavy atom. The molecule has 1 aliphatic rings. The molecule has 0 bridgehead atoms. The van der Waals surface area contributed by atoms with Crippen LogP contribution < -0.4 is 0 Å². The number of hydrogen-bond donors (Lipinski definition) is 0. The van der Waals surface area contributed by atoms with E-state index in [0.29, 0.717) is 17.1 Å².